The monoisotopic (exact) mass is 368 g/mol. The van der Waals surface area contributed by atoms with Gasteiger partial charge in [-0.1, -0.05) is 0 Å². The molecular weight excluding hydrogens is 340 g/mol. The second kappa shape index (κ2) is 7.86. The van der Waals surface area contributed by atoms with Crippen molar-refractivity contribution in [3.63, 3.8) is 0 Å². The van der Waals surface area contributed by atoms with Crippen molar-refractivity contribution in [2.24, 2.45) is 16.6 Å². The van der Waals surface area contributed by atoms with Gasteiger partial charge in [0.25, 0.3) is 0 Å². The summed E-state index contributed by atoms with van der Waals surface area (Å²) in [6.45, 7) is 11.9. The van der Waals surface area contributed by atoms with Crippen LogP contribution in [-0.4, -0.2) is 42.7 Å². The van der Waals surface area contributed by atoms with Crippen molar-refractivity contribution in [2.75, 3.05) is 31.1 Å². The van der Waals surface area contributed by atoms with Crippen molar-refractivity contribution in [1.82, 2.24) is 4.90 Å². The first-order chi connectivity index (χ1) is 13.0. The second-order valence-electron chi connectivity index (χ2n) is 6.58. The van der Waals surface area contributed by atoms with Gasteiger partial charge in [0.15, 0.2) is 11.5 Å². The molecule has 0 fully saturated rings. The standard InChI is InChI=1S/C21H28N4O2/c1-5-24(6-2)14-9-10-17-18(12-14)27-19-13-15(25(7-3)8-4)11-16(21(22)26)20(19)23-17/h9-13,16H,5-8H2,1-4H3,(H2,22,26). The molecule has 0 bridgehead atoms. The van der Waals surface area contributed by atoms with Crippen LogP contribution in [-0.2, 0) is 4.79 Å². The lowest BCUT2D eigenvalue weighted by molar-refractivity contribution is -0.118. The van der Waals surface area contributed by atoms with Gasteiger partial charge in [0.05, 0.1) is 0 Å². The molecule has 0 spiro atoms. The van der Waals surface area contributed by atoms with Crippen molar-refractivity contribution < 1.29 is 9.53 Å². The molecule has 0 saturated carbocycles. The molecule has 1 atom stereocenters. The van der Waals surface area contributed by atoms with E-state index in [0.717, 1.165) is 43.3 Å². The number of carbonyl (C=O) groups excluding carboxylic acids is 1. The highest BCUT2D eigenvalue weighted by atomic mass is 16.5. The molecular formula is C21H28N4O2. The van der Waals surface area contributed by atoms with Crippen LogP contribution in [0.2, 0.25) is 0 Å². The Morgan fingerprint density at radius 3 is 2.37 bits per heavy atom. The van der Waals surface area contributed by atoms with Gasteiger partial charge in [-0.25, -0.2) is 4.99 Å². The lowest BCUT2D eigenvalue weighted by Crippen LogP contribution is -2.36. The van der Waals surface area contributed by atoms with Gasteiger partial charge in [-0.15, -0.1) is 0 Å². The third-order valence-electron chi connectivity index (χ3n) is 5.13. The SMILES string of the molecule is CCN(CC)C1=CC(C(N)=O)C2=Nc3ccc(N(CC)CC)cc3OC2=C1. The number of likely N-dealkylation sites (N-methyl/N-ethyl adjacent to an activating group) is 1. The fourth-order valence-corrected chi connectivity index (χ4v) is 3.58. The molecule has 27 heavy (non-hydrogen) atoms. The number of hydrogen-bond acceptors (Lipinski definition) is 5. The zero-order valence-electron chi connectivity index (χ0n) is 16.5. The van der Waals surface area contributed by atoms with E-state index in [2.05, 4.69) is 37.5 Å². The van der Waals surface area contributed by atoms with Crippen molar-refractivity contribution >= 4 is 23.0 Å². The molecule has 3 rings (SSSR count). The molecule has 0 saturated heterocycles. The van der Waals surface area contributed by atoms with Crippen LogP contribution in [0, 0.1) is 5.92 Å². The molecule has 0 aromatic heterocycles. The Hall–Kier alpha value is -2.76. The number of benzene rings is 1. The highest BCUT2D eigenvalue weighted by molar-refractivity contribution is 6.16. The quantitative estimate of drug-likeness (QED) is 0.802. The maximum Gasteiger partial charge on any atom is 0.230 e. The smallest absolute Gasteiger partial charge is 0.230 e. The number of carbonyl (C=O) groups is 1. The summed E-state index contributed by atoms with van der Waals surface area (Å²) in [4.78, 5) is 21.2. The summed E-state index contributed by atoms with van der Waals surface area (Å²) in [5, 5.41) is 0. The van der Waals surface area contributed by atoms with E-state index in [-0.39, 0.29) is 0 Å². The third kappa shape index (κ3) is 3.56. The van der Waals surface area contributed by atoms with Gasteiger partial charge in [0, 0.05) is 49.7 Å². The summed E-state index contributed by atoms with van der Waals surface area (Å²) in [6, 6.07) is 5.99. The van der Waals surface area contributed by atoms with Crippen molar-refractivity contribution in [3.8, 4) is 5.75 Å². The third-order valence-corrected chi connectivity index (χ3v) is 5.13. The van der Waals surface area contributed by atoms with Crippen LogP contribution < -0.4 is 15.4 Å². The normalized spacial score (nSPS) is 17.6. The Labute approximate surface area is 161 Å². The zero-order chi connectivity index (χ0) is 19.6. The van der Waals surface area contributed by atoms with Gasteiger partial charge < -0.3 is 20.3 Å². The highest BCUT2D eigenvalue weighted by Crippen LogP contribution is 2.40. The molecule has 144 valence electrons. The Morgan fingerprint density at radius 2 is 1.78 bits per heavy atom. The summed E-state index contributed by atoms with van der Waals surface area (Å²) < 4.78 is 6.19. The van der Waals surface area contributed by atoms with Gasteiger partial charge >= 0.3 is 0 Å². The highest BCUT2D eigenvalue weighted by Gasteiger charge is 2.33. The van der Waals surface area contributed by atoms with E-state index in [4.69, 9.17) is 15.5 Å². The summed E-state index contributed by atoms with van der Waals surface area (Å²) in [7, 11) is 0. The summed E-state index contributed by atoms with van der Waals surface area (Å²) in [6.07, 6.45) is 3.84. The fourth-order valence-electron chi connectivity index (χ4n) is 3.58. The second-order valence-corrected chi connectivity index (χ2v) is 6.58. The number of anilines is 1. The Balaban J connectivity index is 2.03. The summed E-state index contributed by atoms with van der Waals surface area (Å²) in [5.74, 6) is 0.304. The minimum Gasteiger partial charge on any atom is -0.453 e. The van der Waals surface area contributed by atoms with Gasteiger partial charge in [-0.3, -0.25) is 4.79 Å². The lowest BCUT2D eigenvalue weighted by atomic mass is 9.93. The van der Waals surface area contributed by atoms with Crippen LogP contribution in [0.4, 0.5) is 11.4 Å². The topological polar surface area (TPSA) is 71.2 Å². The molecule has 1 amide bonds. The van der Waals surface area contributed by atoms with Crippen LogP contribution in [0.3, 0.4) is 0 Å². The molecule has 1 aliphatic heterocycles. The number of amides is 1. The average molecular weight is 368 g/mol. The van der Waals surface area contributed by atoms with Gasteiger partial charge in [0.1, 0.15) is 17.3 Å². The number of nitrogens with two attached hydrogens (primary N) is 1. The van der Waals surface area contributed by atoms with Crippen LogP contribution in [0.25, 0.3) is 0 Å². The van der Waals surface area contributed by atoms with Crippen LogP contribution in [0.1, 0.15) is 27.7 Å². The van der Waals surface area contributed by atoms with Crippen molar-refractivity contribution in [2.45, 2.75) is 27.7 Å². The number of hydrogen-bond donors (Lipinski definition) is 1. The number of primary amides is 1. The number of nitrogens with zero attached hydrogens (tertiary/aromatic N) is 3. The fraction of sp³-hybridized carbons (Fsp3) is 0.429. The Kier molecular flexibility index (Phi) is 5.54. The van der Waals surface area contributed by atoms with Gasteiger partial charge in [-0.2, -0.15) is 0 Å². The van der Waals surface area contributed by atoms with Gasteiger partial charge in [-0.05, 0) is 45.9 Å². The van der Waals surface area contributed by atoms with Crippen molar-refractivity contribution in [1.29, 1.82) is 0 Å². The molecule has 1 heterocycles. The number of aliphatic imine (C=N–C) groups is 1. The molecule has 6 heteroatoms. The summed E-state index contributed by atoms with van der Waals surface area (Å²) >= 11 is 0. The van der Waals surface area contributed by atoms with E-state index < -0.39 is 11.8 Å². The first-order valence-corrected chi connectivity index (χ1v) is 9.65. The zero-order valence-corrected chi connectivity index (χ0v) is 16.5. The Morgan fingerprint density at radius 1 is 1.11 bits per heavy atom. The molecule has 6 nitrogen and oxygen atoms in total. The average Bonchev–Trinajstić information content (AvgIpc) is 2.67. The largest absolute Gasteiger partial charge is 0.453 e. The molecule has 2 N–H and O–H groups in total. The minimum atomic E-state index is -0.587. The molecule has 1 aromatic carbocycles. The van der Waals surface area contributed by atoms with Crippen LogP contribution in [0.5, 0.6) is 5.75 Å². The molecule has 1 unspecified atom stereocenters. The van der Waals surface area contributed by atoms with Gasteiger partial charge in [0.2, 0.25) is 5.91 Å². The number of allylic oxidation sites excluding steroid dienone is 2. The molecule has 2 aliphatic rings. The van der Waals surface area contributed by atoms with Crippen molar-refractivity contribution in [3.05, 3.63) is 41.8 Å². The van der Waals surface area contributed by atoms with E-state index in [9.17, 15) is 4.79 Å². The molecule has 1 aliphatic carbocycles. The lowest BCUT2D eigenvalue weighted by Gasteiger charge is -2.31. The van der Waals surface area contributed by atoms with Crippen LogP contribution in [0.15, 0.2) is 46.8 Å². The van der Waals surface area contributed by atoms with Crippen LogP contribution >= 0.6 is 0 Å². The maximum absolute atomic E-state index is 12.1. The van der Waals surface area contributed by atoms with E-state index in [1.165, 1.54) is 0 Å². The Bertz CT molecular complexity index is 817. The number of rotatable bonds is 7. The van der Waals surface area contributed by atoms with E-state index in [1.807, 2.05) is 30.4 Å². The maximum atomic E-state index is 12.1. The molecule has 1 aromatic rings. The predicted molar refractivity (Wildman–Crippen MR) is 109 cm³/mol. The van der Waals surface area contributed by atoms with E-state index in [1.54, 1.807) is 0 Å². The van der Waals surface area contributed by atoms with E-state index in [0.29, 0.717) is 17.2 Å². The number of fused-ring (bicyclic) bond motifs is 2. The summed E-state index contributed by atoms with van der Waals surface area (Å²) in [5.41, 5.74) is 9.02. The predicted octanol–water partition coefficient (Wildman–Crippen LogP) is 3.22. The number of ether oxygens (including phenoxy) is 1. The first kappa shape index (κ1) is 19.0. The first-order valence-electron chi connectivity index (χ1n) is 9.65. The molecule has 0 radical (unpaired) electrons. The minimum absolute atomic E-state index is 0.421. The van der Waals surface area contributed by atoms with E-state index >= 15 is 0 Å².